The molecule has 9 nitrogen and oxygen atoms in total. The van der Waals surface area contributed by atoms with E-state index in [-0.39, 0.29) is 23.1 Å². The molecule has 0 aliphatic carbocycles. The lowest BCUT2D eigenvalue weighted by Gasteiger charge is -2.22. The van der Waals surface area contributed by atoms with Crippen LogP contribution in [0, 0.1) is 13.8 Å². The minimum Gasteiger partial charge on any atom is -0.490 e. The second kappa shape index (κ2) is 11.0. The number of carbonyl (C=O) groups excluding carboxylic acids is 1. The van der Waals surface area contributed by atoms with Crippen LogP contribution in [0.1, 0.15) is 54.9 Å². The van der Waals surface area contributed by atoms with E-state index in [4.69, 9.17) is 14.0 Å². The zero-order valence-corrected chi connectivity index (χ0v) is 20.6. The standard InChI is InChI=1S/C23H33N3O6S/c1-5-14-30-20-9-8-19(16-21(20)31-15-6-2)23(27)25-10-7-11-26(13-12-25)33(28,29)22-17(3)24-32-18(22)4/h8-9,16H,5-7,10-15H2,1-4H3. The van der Waals surface area contributed by atoms with Crippen LogP contribution in [-0.4, -0.2) is 68.1 Å². The number of aryl methyl sites for hydroxylation is 2. The third-order valence-electron chi connectivity index (χ3n) is 5.42. The molecule has 0 radical (unpaired) electrons. The summed E-state index contributed by atoms with van der Waals surface area (Å²) in [6.07, 6.45) is 2.24. The Balaban J connectivity index is 1.75. The molecule has 0 atom stereocenters. The second-order valence-electron chi connectivity index (χ2n) is 8.06. The Morgan fingerprint density at radius 2 is 1.73 bits per heavy atom. The highest BCUT2D eigenvalue weighted by molar-refractivity contribution is 7.89. The van der Waals surface area contributed by atoms with Gasteiger partial charge in [-0.25, -0.2) is 8.42 Å². The van der Waals surface area contributed by atoms with E-state index in [1.165, 1.54) is 4.31 Å². The van der Waals surface area contributed by atoms with E-state index < -0.39 is 10.0 Å². The Morgan fingerprint density at radius 1 is 1.03 bits per heavy atom. The Morgan fingerprint density at radius 3 is 2.36 bits per heavy atom. The molecule has 182 valence electrons. The first-order valence-corrected chi connectivity index (χ1v) is 12.9. The molecule has 0 N–H and O–H groups in total. The number of nitrogens with zero attached hydrogens (tertiary/aromatic N) is 3. The van der Waals surface area contributed by atoms with Gasteiger partial charge >= 0.3 is 0 Å². The van der Waals surface area contributed by atoms with E-state index in [0.717, 1.165) is 12.8 Å². The third-order valence-corrected chi connectivity index (χ3v) is 7.57. The third kappa shape index (κ3) is 5.67. The number of amides is 1. The van der Waals surface area contributed by atoms with Crippen molar-refractivity contribution in [1.29, 1.82) is 0 Å². The van der Waals surface area contributed by atoms with Crippen molar-refractivity contribution in [3.8, 4) is 11.5 Å². The first-order chi connectivity index (χ1) is 15.8. The minimum absolute atomic E-state index is 0.114. The van der Waals surface area contributed by atoms with Gasteiger partial charge < -0.3 is 18.9 Å². The molecule has 0 unspecified atom stereocenters. The number of carbonyl (C=O) groups is 1. The number of sulfonamides is 1. The summed E-state index contributed by atoms with van der Waals surface area (Å²) in [7, 11) is -3.75. The Labute approximate surface area is 195 Å². The van der Waals surface area contributed by atoms with Crippen LogP contribution in [0.15, 0.2) is 27.6 Å². The number of ether oxygens (including phenoxy) is 2. The summed E-state index contributed by atoms with van der Waals surface area (Å²) in [5.41, 5.74) is 0.835. The fourth-order valence-corrected chi connectivity index (χ4v) is 5.55. The van der Waals surface area contributed by atoms with Crippen molar-refractivity contribution in [2.24, 2.45) is 0 Å². The molecule has 0 spiro atoms. The van der Waals surface area contributed by atoms with Crippen LogP contribution < -0.4 is 9.47 Å². The molecule has 1 amide bonds. The van der Waals surface area contributed by atoms with E-state index in [0.29, 0.717) is 62.0 Å². The summed E-state index contributed by atoms with van der Waals surface area (Å²) in [5, 5.41) is 3.77. The van der Waals surface area contributed by atoms with Gasteiger partial charge in [0, 0.05) is 31.7 Å². The number of hydrogen-bond donors (Lipinski definition) is 0. The maximum absolute atomic E-state index is 13.2. The molecule has 10 heteroatoms. The summed E-state index contributed by atoms with van der Waals surface area (Å²) >= 11 is 0. The molecule has 0 bridgehead atoms. The van der Waals surface area contributed by atoms with Crippen molar-refractivity contribution in [2.75, 3.05) is 39.4 Å². The summed E-state index contributed by atoms with van der Waals surface area (Å²) in [4.78, 5) is 15.0. The van der Waals surface area contributed by atoms with Gasteiger partial charge in [0.15, 0.2) is 17.3 Å². The van der Waals surface area contributed by atoms with Crippen LogP contribution >= 0.6 is 0 Å². The molecule has 1 aromatic heterocycles. The van der Waals surface area contributed by atoms with Gasteiger partial charge in [0.2, 0.25) is 10.0 Å². The first-order valence-electron chi connectivity index (χ1n) is 11.4. The molecule has 1 fully saturated rings. The highest BCUT2D eigenvalue weighted by Gasteiger charge is 2.33. The molecule has 2 aromatic rings. The van der Waals surface area contributed by atoms with E-state index >= 15 is 0 Å². The van der Waals surface area contributed by atoms with Crippen molar-refractivity contribution in [1.82, 2.24) is 14.4 Å². The fraction of sp³-hybridized carbons (Fsp3) is 0.565. The van der Waals surface area contributed by atoms with Crippen LogP contribution in [0.4, 0.5) is 0 Å². The number of benzene rings is 1. The molecule has 33 heavy (non-hydrogen) atoms. The summed E-state index contributed by atoms with van der Waals surface area (Å²) in [6.45, 7) is 9.62. The second-order valence-corrected chi connectivity index (χ2v) is 9.94. The van der Waals surface area contributed by atoms with Gasteiger partial charge in [0.1, 0.15) is 10.6 Å². The zero-order chi connectivity index (χ0) is 24.0. The lowest BCUT2D eigenvalue weighted by molar-refractivity contribution is 0.0763. The van der Waals surface area contributed by atoms with Crippen LogP contribution in [0.5, 0.6) is 11.5 Å². The molecular formula is C23H33N3O6S. The largest absolute Gasteiger partial charge is 0.490 e. The zero-order valence-electron chi connectivity index (χ0n) is 19.8. The summed E-state index contributed by atoms with van der Waals surface area (Å²) in [6, 6.07) is 5.21. The van der Waals surface area contributed by atoms with Crippen molar-refractivity contribution in [3.63, 3.8) is 0 Å². The molecule has 1 saturated heterocycles. The first kappa shape index (κ1) is 25.0. The van der Waals surface area contributed by atoms with Gasteiger partial charge in [-0.05, 0) is 51.3 Å². The quantitative estimate of drug-likeness (QED) is 0.543. The normalized spacial score (nSPS) is 15.3. The fourth-order valence-electron chi connectivity index (χ4n) is 3.79. The van der Waals surface area contributed by atoms with Gasteiger partial charge in [0.25, 0.3) is 5.91 Å². The molecule has 1 aliphatic rings. The molecule has 0 saturated carbocycles. The summed E-state index contributed by atoms with van der Waals surface area (Å²) < 4.78 is 44.3. The lowest BCUT2D eigenvalue weighted by atomic mass is 10.1. The maximum atomic E-state index is 13.2. The van der Waals surface area contributed by atoms with Crippen LogP contribution in [0.25, 0.3) is 0 Å². The van der Waals surface area contributed by atoms with Crippen molar-refractivity contribution >= 4 is 15.9 Å². The van der Waals surface area contributed by atoms with E-state index in [1.807, 2.05) is 13.8 Å². The Kier molecular flexibility index (Phi) is 8.36. The highest BCUT2D eigenvalue weighted by atomic mass is 32.2. The highest BCUT2D eigenvalue weighted by Crippen LogP contribution is 2.30. The predicted molar refractivity (Wildman–Crippen MR) is 123 cm³/mol. The van der Waals surface area contributed by atoms with Crippen LogP contribution in [0.2, 0.25) is 0 Å². The van der Waals surface area contributed by atoms with E-state index in [2.05, 4.69) is 5.16 Å². The van der Waals surface area contributed by atoms with Crippen molar-refractivity contribution < 1.29 is 27.2 Å². The number of aromatic nitrogens is 1. The number of rotatable bonds is 9. The van der Waals surface area contributed by atoms with E-state index in [9.17, 15) is 13.2 Å². The average molecular weight is 480 g/mol. The van der Waals surface area contributed by atoms with Gasteiger partial charge in [-0.15, -0.1) is 0 Å². The maximum Gasteiger partial charge on any atom is 0.254 e. The predicted octanol–water partition coefficient (Wildman–Crippen LogP) is 3.41. The Bertz CT molecular complexity index is 1050. The SMILES string of the molecule is CCCOc1ccc(C(=O)N2CCCN(S(=O)(=O)c3c(C)noc3C)CC2)cc1OCCC. The lowest BCUT2D eigenvalue weighted by Crippen LogP contribution is -2.37. The molecular weight excluding hydrogens is 446 g/mol. The topological polar surface area (TPSA) is 102 Å². The van der Waals surface area contributed by atoms with Gasteiger partial charge in [-0.1, -0.05) is 19.0 Å². The van der Waals surface area contributed by atoms with Gasteiger partial charge in [-0.2, -0.15) is 4.31 Å². The number of hydrogen-bond acceptors (Lipinski definition) is 7. The molecule has 2 heterocycles. The summed E-state index contributed by atoms with van der Waals surface area (Å²) in [5.74, 6) is 1.28. The van der Waals surface area contributed by atoms with Crippen LogP contribution in [-0.2, 0) is 10.0 Å². The van der Waals surface area contributed by atoms with Gasteiger partial charge in [-0.3, -0.25) is 4.79 Å². The molecule has 1 aliphatic heterocycles. The molecule has 3 rings (SSSR count). The monoisotopic (exact) mass is 479 g/mol. The van der Waals surface area contributed by atoms with Crippen molar-refractivity contribution in [3.05, 3.63) is 35.2 Å². The van der Waals surface area contributed by atoms with Crippen LogP contribution in [0.3, 0.4) is 0 Å². The Hall–Kier alpha value is -2.59. The minimum atomic E-state index is -3.75. The smallest absolute Gasteiger partial charge is 0.254 e. The van der Waals surface area contributed by atoms with E-state index in [1.54, 1.807) is 36.9 Å². The average Bonchev–Trinajstić information content (AvgIpc) is 2.99. The molecule has 1 aromatic carbocycles. The van der Waals surface area contributed by atoms with Crippen molar-refractivity contribution in [2.45, 2.75) is 51.9 Å². The van der Waals surface area contributed by atoms with Gasteiger partial charge in [0.05, 0.1) is 13.2 Å².